The van der Waals surface area contributed by atoms with Crippen LogP contribution in [0.1, 0.15) is 37.9 Å². The number of rotatable bonds is 6. The number of hydrogen-bond acceptors (Lipinski definition) is 6. The van der Waals surface area contributed by atoms with Gasteiger partial charge in [0.15, 0.2) is 5.82 Å². The van der Waals surface area contributed by atoms with Crippen molar-refractivity contribution in [3.8, 4) is 28.4 Å². The largest absolute Gasteiger partial charge is 0.474 e. The van der Waals surface area contributed by atoms with Crippen molar-refractivity contribution >= 4 is 11.6 Å². The van der Waals surface area contributed by atoms with Crippen LogP contribution in [0.25, 0.3) is 22.5 Å². The van der Waals surface area contributed by atoms with Crippen molar-refractivity contribution in [1.29, 1.82) is 0 Å². The van der Waals surface area contributed by atoms with Crippen LogP contribution in [0.4, 0.5) is 5.69 Å². The summed E-state index contributed by atoms with van der Waals surface area (Å²) in [5.74, 6) is 2.10. The van der Waals surface area contributed by atoms with Gasteiger partial charge in [-0.3, -0.25) is 9.78 Å². The zero-order chi connectivity index (χ0) is 24.6. The lowest BCUT2D eigenvalue weighted by molar-refractivity contribution is -0.117. The quantitative estimate of drug-likeness (QED) is 0.403. The van der Waals surface area contributed by atoms with E-state index in [1.165, 1.54) is 0 Å². The van der Waals surface area contributed by atoms with Crippen LogP contribution in [-0.2, 0) is 17.8 Å². The van der Waals surface area contributed by atoms with Gasteiger partial charge in [0.25, 0.3) is 0 Å². The molecule has 8 nitrogen and oxygen atoms in total. The summed E-state index contributed by atoms with van der Waals surface area (Å²) in [6.45, 7) is 5.78. The minimum absolute atomic E-state index is 0.123. The Kier molecular flexibility index (Phi) is 5.71. The maximum atomic E-state index is 12.4. The summed E-state index contributed by atoms with van der Waals surface area (Å²) in [7, 11) is 0. The van der Waals surface area contributed by atoms with E-state index in [0.717, 1.165) is 52.4 Å². The maximum absolute atomic E-state index is 12.4. The molecule has 0 aliphatic carbocycles. The Labute approximate surface area is 210 Å². The first kappa shape index (κ1) is 22.4. The van der Waals surface area contributed by atoms with Gasteiger partial charge in [0, 0.05) is 48.6 Å². The molecule has 0 N–H and O–H groups in total. The number of benzene rings is 1. The van der Waals surface area contributed by atoms with Crippen molar-refractivity contribution in [2.45, 2.75) is 45.7 Å². The average molecular weight is 481 g/mol. The minimum Gasteiger partial charge on any atom is -0.474 e. The van der Waals surface area contributed by atoms with Crippen LogP contribution in [0.15, 0.2) is 61.2 Å². The van der Waals surface area contributed by atoms with Gasteiger partial charge in [-0.05, 0) is 35.6 Å². The Bertz CT molecular complexity index is 1390. The molecule has 0 spiro atoms. The van der Waals surface area contributed by atoms with Gasteiger partial charge >= 0.3 is 0 Å². The SMILES string of the molecule is CC(C)Cn1cnnc1-c1ccc(-c2ccc(Cc3cnc4c(c3)N3C(=O)CC[C@H]3CO4)nc2)cc1. The molecule has 1 saturated heterocycles. The Balaban J connectivity index is 1.17. The van der Waals surface area contributed by atoms with E-state index in [1.807, 2.05) is 29.4 Å². The summed E-state index contributed by atoms with van der Waals surface area (Å²) in [5, 5.41) is 8.40. The highest BCUT2D eigenvalue weighted by Crippen LogP contribution is 2.37. The van der Waals surface area contributed by atoms with Crippen LogP contribution in [0, 0.1) is 5.92 Å². The van der Waals surface area contributed by atoms with E-state index in [2.05, 4.69) is 63.9 Å². The van der Waals surface area contributed by atoms with Crippen LogP contribution < -0.4 is 9.64 Å². The van der Waals surface area contributed by atoms with E-state index in [9.17, 15) is 4.79 Å². The summed E-state index contributed by atoms with van der Waals surface area (Å²) in [5.41, 5.74) is 5.93. The average Bonchev–Trinajstić information content (AvgIpc) is 3.51. The fourth-order valence-corrected chi connectivity index (χ4v) is 5.00. The van der Waals surface area contributed by atoms with Crippen LogP contribution in [0.3, 0.4) is 0 Å². The van der Waals surface area contributed by atoms with Gasteiger partial charge in [-0.2, -0.15) is 0 Å². The molecule has 36 heavy (non-hydrogen) atoms. The molecule has 1 atom stereocenters. The van der Waals surface area contributed by atoms with Crippen LogP contribution in [0.5, 0.6) is 5.88 Å². The van der Waals surface area contributed by atoms with Crippen molar-refractivity contribution in [1.82, 2.24) is 24.7 Å². The van der Waals surface area contributed by atoms with Gasteiger partial charge in [-0.1, -0.05) is 44.2 Å². The number of amides is 1. The highest BCUT2D eigenvalue weighted by Gasteiger charge is 2.38. The monoisotopic (exact) mass is 480 g/mol. The van der Waals surface area contributed by atoms with Gasteiger partial charge in [0.1, 0.15) is 18.6 Å². The second-order valence-electron chi connectivity index (χ2n) is 9.93. The number of anilines is 1. The fraction of sp³-hybridized carbons (Fsp3) is 0.321. The van der Waals surface area contributed by atoms with E-state index in [-0.39, 0.29) is 11.9 Å². The molecule has 0 radical (unpaired) electrons. The lowest BCUT2D eigenvalue weighted by Crippen LogP contribution is -2.40. The van der Waals surface area contributed by atoms with Crippen LogP contribution in [0.2, 0.25) is 0 Å². The van der Waals surface area contributed by atoms with Crippen molar-refractivity contribution in [2.75, 3.05) is 11.5 Å². The molecule has 182 valence electrons. The maximum Gasteiger partial charge on any atom is 0.238 e. The molecular formula is C28H28N6O2. The zero-order valence-corrected chi connectivity index (χ0v) is 20.5. The smallest absolute Gasteiger partial charge is 0.238 e. The Hall–Kier alpha value is -4.07. The Morgan fingerprint density at radius 2 is 1.83 bits per heavy atom. The predicted molar refractivity (Wildman–Crippen MR) is 137 cm³/mol. The summed E-state index contributed by atoms with van der Waals surface area (Å²) >= 11 is 0. The number of carbonyl (C=O) groups is 1. The summed E-state index contributed by atoms with van der Waals surface area (Å²) < 4.78 is 7.88. The number of nitrogens with zero attached hydrogens (tertiary/aromatic N) is 6. The van der Waals surface area contributed by atoms with Crippen molar-refractivity contribution < 1.29 is 9.53 Å². The highest BCUT2D eigenvalue weighted by atomic mass is 16.5. The Morgan fingerprint density at radius 3 is 2.61 bits per heavy atom. The molecule has 0 bridgehead atoms. The molecule has 8 heteroatoms. The minimum atomic E-state index is 0.123. The number of ether oxygens (including phenoxy) is 1. The number of aromatic nitrogens is 5. The van der Waals surface area contributed by atoms with E-state index >= 15 is 0 Å². The van der Waals surface area contributed by atoms with Crippen molar-refractivity contribution in [3.63, 3.8) is 0 Å². The predicted octanol–water partition coefficient (Wildman–Crippen LogP) is 4.54. The van der Waals surface area contributed by atoms with Gasteiger partial charge in [0.2, 0.25) is 11.8 Å². The number of carbonyl (C=O) groups excluding carboxylic acids is 1. The lowest BCUT2D eigenvalue weighted by Gasteiger charge is -2.31. The first-order chi connectivity index (χ1) is 17.5. The number of hydrogen-bond donors (Lipinski definition) is 0. The standard InChI is InChI=1S/C28H28N6O2/c1-18(2)15-33-17-31-32-27(33)21-5-3-20(4-6-21)22-7-8-23(29-14-22)11-19-12-25-28(30-13-19)36-16-24-9-10-26(35)34(24)25/h3-8,12-14,17-18,24H,9-11,15-16H2,1-2H3/t24-/m0/s1. The fourth-order valence-electron chi connectivity index (χ4n) is 5.00. The molecular weight excluding hydrogens is 452 g/mol. The normalized spacial score (nSPS) is 16.7. The molecule has 3 aromatic heterocycles. The Morgan fingerprint density at radius 1 is 1.03 bits per heavy atom. The summed E-state index contributed by atoms with van der Waals surface area (Å²) in [4.78, 5) is 23.4. The van der Waals surface area contributed by atoms with Crippen LogP contribution >= 0.6 is 0 Å². The molecule has 4 aromatic rings. The number of pyridine rings is 2. The third-order valence-electron chi connectivity index (χ3n) is 6.75. The number of fused-ring (bicyclic) bond motifs is 3. The third kappa shape index (κ3) is 4.23. The van der Waals surface area contributed by atoms with E-state index in [4.69, 9.17) is 9.72 Å². The molecule has 2 aliphatic heterocycles. The second kappa shape index (κ2) is 9.18. The summed E-state index contributed by atoms with van der Waals surface area (Å²) in [6, 6.07) is 14.6. The molecule has 1 amide bonds. The second-order valence-corrected chi connectivity index (χ2v) is 9.93. The van der Waals surface area contributed by atoms with E-state index in [0.29, 0.717) is 31.2 Å². The molecule has 0 saturated carbocycles. The zero-order valence-electron chi connectivity index (χ0n) is 20.5. The van der Waals surface area contributed by atoms with Gasteiger partial charge in [0.05, 0.1) is 6.04 Å². The first-order valence-corrected chi connectivity index (χ1v) is 12.4. The molecule has 5 heterocycles. The molecule has 1 fully saturated rings. The topological polar surface area (TPSA) is 86.0 Å². The van der Waals surface area contributed by atoms with E-state index in [1.54, 1.807) is 6.33 Å². The van der Waals surface area contributed by atoms with E-state index < -0.39 is 0 Å². The van der Waals surface area contributed by atoms with Gasteiger partial charge < -0.3 is 14.2 Å². The molecule has 0 unspecified atom stereocenters. The molecule has 2 aliphatic rings. The molecule has 6 rings (SSSR count). The van der Waals surface area contributed by atoms with Crippen molar-refractivity contribution in [3.05, 3.63) is 72.4 Å². The van der Waals surface area contributed by atoms with Gasteiger partial charge in [-0.15, -0.1) is 10.2 Å². The first-order valence-electron chi connectivity index (χ1n) is 12.4. The highest BCUT2D eigenvalue weighted by molar-refractivity contribution is 5.97. The third-order valence-corrected chi connectivity index (χ3v) is 6.75. The summed E-state index contributed by atoms with van der Waals surface area (Å²) in [6.07, 6.45) is 7.55. The molecule has 1 aromatic carbocycles. The lowest BCUT2D eigenvalue weighted by atomic mass is 10.0. The van der Waals surface area contributed by atoms with Crippen LogP contribution in [-0.4, -0.2) is 43.3 Å². The van der Waals surface area contributed by atoms with Gasteiger partial charge in [-0.25, -0.2) is 4.98 Å². The van der Waals surface area contributed by atoms with Crippen molar-refractivity contribution in [2.24, 2.45) is 5.92 Å².